The average molecular weight is 1250 g/mol. The second-order valence-electron chi connectivity index (χ2n) is 18.3. The highest BCUT2D eigenvalue weighted by molar-refractivity contribution is 5.67. The molecule has 29 heteroatoms. The van der Waals surface area contributed by atoms with Crippen LogP contribution in [0.3, 0.4) is 0 Å². The summed E-state index contributed by atoms with van der Waals surface area (Å²) in [6.07, 6.45) is -0.470. The van der Waals surface area contributed by atoms with Gasteiger partial charge in [-0.25, -0.2) is 4.79 Å². The quantitative estimate of drug-likeness (QED) is 0.0813. The van der Waals surface area contributed by atoms with Gasteiger partial charge >= 0.3 is 12.1 Å². The molecule has 0 aromatic rings. The van der Waals surface area contributed by atoms with Crippen LogP contribution in [0, 0.1) is 0 Å². The molecule has 0 aromatic carbocycles. The van der Waals surface area contributed by atoms with Crippen molar-refractivity contribution in [2.75, 3.05) is 324 Å². The number of amides is 1. The fourth-order valence-corrected chi connectivity index (χ4v) is 5.86. The zero-order valence-corrected chi connectivity index (χ0v) is 51.8. The molecular formula is C56H111NO28. The van der Waals surface area contributed by atoms with Crippen LogP contribution in [0.25, 0.3) is 0 Å². The topological polar surface area (TPSA) is 297 Å². The number of carboxylic acid groups (broad SMARTS) is 1. The van der Waals surface area contributed by atoms with Crippen molar-refractivity contribution in [3.63, 3.8) is 0 Å². The second kappa shape index (κ2) is 72.5. The van der Waals surface area contributed by atoms with Crippen LogP contribution < -0.4 is 5.32 Å². The number of carboxylic acids is 1. The highest BCUT2D eigenvalue weighted by Gasteiger charge is 2.15. The highest BCUT2D eigenvalue weighted by Crippen LogP contribution is 2.06. The van der Waals surface area contributed by atoms with Crippen molar-refractivity contribution in [2.45, 2.75) is 32.8 Å². The molecule has 0 rings (SSSR count). The number of carbonyl (C=O) groups excluding carboxylic acids is 1. The number of alkyl carbamates (subject to hydrolysis) is 1. The maximum atomic E-state index is 11.5. The zero-order valence-electron chi connectivity index (χ0n) is 51.8. The van der Waals surface area contributed by atoms with Crippen LogP contribution in [0.5, 0.6) is 0 Å². The summed E-state index contributed by atoms with van der Waals surface area (Å²) in [5.41, 5.74) is -0.523. The lowest BCUT2D eigenvalue weighted by Crippen LogP contribution is -2.34. The van der Waals surface area contributed by atoms with E-state index < -0.39 is 17.7 Å². The minimum absolute atomic E-state index is 0.0109. The molecule has 2 N–H and O–H groups in total. The predicted octanol–water partition coefficient (Wildman–Crippen LogP) is 1.38. The van der Waals surface area contributed by atoms with Crippen LogP contribution in [0.15, 0.2) is 0 Å². The van der Waals surface area contributed by atoms with Gasteiger partial charge in [0, 0.05) is 6.54 Å². The van der Waals surface area contributed by atoms with Crippen molar-refractivity contribution >= 4 is 12.1 Å². The standard InChI is InChI=1S/C56H111NO28/c1-56(2,3)85-55(60)57-5-7-62-9-11-64-13-15-66-17-19-68-21-23-70-25-27-72-29-31-74-33-35-76-37-39-78-41-43-80-45-47-82-49-51-84-53-52-83-50-48-81-46-44-79-42-40-77-38-36-75-34-32-73-30-28-71-26-24-69-22-20-67-18-16-65-14-12-63-10-8-61-6-4-54(58)59/h4-53H2,1-3H3,(H,57,60)(H,58,59). The van der Waals surface area contributed by atoms with Crippen LogP contribution in [0.4, 0.5) is 4.79 Å². The first-order valence-corrected chi connectivity index (χ1v) is 29.9. The summed E-state index contributed by atoms with van der Waals surface area (Å²) in [6.45, 7) is 27.9. The van der Waals surface area contributed by atoms with Gasteiger partial charge in [-0.05, 0) is 20.8 Å². The Balaban J connectivity index is 3.10. The number of carbonyl (C=O) groups is 2. The van der Waals surface area contributed by atoms with Crippen molar-refractivity contribution in [1.82, 2.24) is 5.32 Å². The fourth-order valence-electron chi connectivity index (χ4n) is 5.86. The van der Waals surface area contributed by atoms with Crippen molar-refractivity contribution in [1.29, 1.82) is 0 Å². The Kier molecular flexibility index (Phi) is 70.6. The number of hydrogen-bond acceptors (Lipinski definition) is 27. The summed E-state index contributed by atoms with van der Waals surface area (Å²) >= 11 is 0. The number of rotatable bonds is 75. The van der Waals surface area contributed by atoms with E-state index in [1.54, 1.807) is 0 Å². The van der Waals surface area contributed by atoms with E-state index >= 15 is 0 Å². The van der Waals surface area contributed by atoms with Crippen LogP contribution >= 0.6 is 0 Å². The predicted molar refractivity (Wildman–Crippen MR) is 306 cm³/mol. The van der Waals surface area contributed by atoms with Gasteiger partial charge in [0.25, 0.3) is 0 Å². The third-order valence-corrected chi connectivity index (χ3v) is 9.93. The summed E-state index contributed by atoms with van der Waals surface area (Å²) in [5, 5.41) is 11.2. The molecule has 0 atom stereocenters. The van der Waals surface area contributed by atoms with Crippen LogP contribution in [0.2, 0.25) is 0 Å². The Bertz CT molecular complexity index is 1300. The lowest BCUT2D eigenvalue weighted by molar-refractivity contribution is -0.138. The van der Waals surface area contributed by atoms with E-state index in [1.165, 1.54) is 0 Å². The van der Waals surface area contributed by atoms with Gasteiger partial charge in [0.1, 0.15) is 5.60 Å². The van der Waals surface area contributed by atoms with Gasteiger partial charge in [0.15, 0.2) is 0 Å². The van der Waals surface area contributed by atoms with Crippen LogP contribution in [0.1, 0.15) is 27.2 Å². The van der Waals surface area contributed by atoms with E-state index in [1.807, 2.05) is 20.8 Å². The maximum Gasteiger partial charge on any atom is 0.407 e. The lowest BCUT2D eigenvalue weighted by atomic mass is 10.2. The average Bonchev–Trinajstić information content (AvgIpc) is 3.50. The molecule has 0 aromatic heterocycles. The van der Waals surface area contributed by atoms with Gasteiger partial charge in [-0.2, -0.15) is 0 Å². The summed E-state index contributed by atoms with van der Waals surface area (Å²) in [4.78, 5) is 21.9. The van der Waals surface area contributed by atoms with Crippen molar-refractivity contribution in [3.05, 3.63) is 0 Å². The van der Waals surface area contributed by atoms with Gasteiger partial charge in [-0.1, -0.05) is 0 Å². The molecule has 0 aliphatic rings. The molecule has 0 saturated carbocycles. The lowest BCUT2D eigenvalue weighted by Gasteiger charge is -2.19. The van der Waals surface area contributed by atoms with Crippen molar-refractivity contribution < 1.29 is 133 Å². The third kappa shape index (κ3) is 79.8. The van der Waals surface area contributed by atoms with E-state index in [4.69, 9.17) is 124 Å². The minimum Gasteiger partial charge on any atom is -0.481 e. The van der Waals surface area contributed by atoms with Crippen LogP contribution in [-0.2, 0) is 123 Å². The molecule has 1 amide bonds. The van der Waals surface area contributed by atoms with Crippen LogP contribution in [-0.4, -0.2) is 346 Å². The Morgan fingerprint density at radius 3 is 0.494 bits per heavy atom. The first kappa shape index (κ1) is 82.8. The Hall–Kier alpha value is -2.22. The van der Waals surface area contributed by atoms with E-state index in [0.29, 0.717) is 317 Å². The largest absolute Gasteiger partial charge is 0.481 e. The Morgan fingerprint density at radius 2 is 0.365 bits per heavy atom. The molecule has 0 radical (unpaired) electrons. The zero-order chi connectivity index (χ0) is 61.4. The van der Waals surface area contributed by atoms with E-state index in [0.717, 1.165) is 0 Å². The molecule has 0 unspecified atom stereocenters. The van der Waals surface area contributed by atoms with E-state index in [9.17, 15) is 9.59 Å². The molecule has 0 aliphatic carbocycles. The second-order valence-corrected chi connectivity index (χ2v) is 18.3. The Labute approximate surface area is 505 Å². The SMILES string of the molecule is CC(C)(C)OC(=O)NCCOCCOCCOCCOCCOCCOCCOCCOCCOCCOCCOCCOCCOCCOCCOCCOCCOCCOCCOCCOCCOCCOCCOCCOCCC(=O)O. The fraction of sp³-hybridized carbons (Fsp3) is 0.964. The first-order chi connectivity index (χ1) is 41.8. The molecule has 0 bridgehead atoms. The molecule has 0 spiro atoms. The van der Waals surface area contributed by atoms with Gasteiger partial charge in [-0.3, -0.25) is 4.79 Å². The van der Waals surface area contributed by atoms with Gasteiger partial charge < -0.3 is 129 Å². The molecular weight excluding hydrogens is 1130 g/mol. The maximum absolute atomic E-state index is 11.5. The molecule has 0 heterocycles. The summed E-state index contributed by atoms with van der Waals surface area (Å²) < 4.78 is 136. The van der Waals surface area contributed by atoms with E-state index in [-0.39, 0.29) is 13.0 Å². The summed E-state index contributed by atoms with van der Waals surface area (Å²) in [5.74, 6) is -0.881. The van der Waals surface area contributed by atoms with Crippen molar-refractivity contribution in [2.24, 2.45) is 0 Å². The molecule has 508 valence electrons. The smallest absolute Gasteiger partial charge is 0.407 e. The molecule has 0 saturated heterocycles. The number of hydrogen-bond donors (Lipinski definition) is 2. The third-order valence-electron chi connectivity index (χ3n) is 9.93. The summed E-state index contributed by atoms with van der Waals surface area (Å²) in [7, 11) is 0. The number of nitrogens with one attached hydrogen (secondary N) is 1. The first-order valence-electron chi connectivity index (χ1n) is 29.9. The summed E-state index contributed by atoms with van der Waals surface area (Å²) in [6, 6.07) is 0. The number of ether oxygens (including phenoxy) is 25. The number of aliphatic carboxylic acids is 1. The van der Waals surface area contributed by atoms with Crippen molar-refractivity contribution in [3.8, 4) is 0 Å². The molecule has 0 fully saturated rings. The minimum atomic E-state index is -0.881. The molecule has 29 nitrogen and oxygen atoms in total. The molecule has 85 heavy (non-hydrogen) atoms. The van der Waals surface area contributed by atoms with Gasteiger partial charge in [0.05, 0.1) is 324 Å². The molecule has 0 aliphatic heterocycles. The van der Waals surface area contributed by atoms with E-state index in [2.05, 4.69) is 5.32 Å². The highest BCUT2D eigenvalue weighted by atomic mass is 16.6. The Morgan fingerprint density at radius 1 is 0.235 bits per heavy atom. The normalized spacial score (nSPS) is 11.8. The van der Waals surface area contributed by atoms with Gasteiger partial charge in [-0.15, -0.1) is 0 Å². The van der Waals surface area contributed by atoms with Gasteiger partial charge in [0.2, 0.25) is 0 Å². The monoisotopic (exact) mass is 1250 g/mol.